The predicted molar refractivity (Wildman–Crippen MR) is 97.7 cm³/mol. The van der Waals surface area contributed by atoms with E-state index >= 15 is 0 Å². The van der Waals surface area contributed by atoms with Crippen LogP contribution in [0.2, 0.25) is 0 Å². The Kier molecular flexibility index (Phi) is 15.4. The fourth-order valence-corrected chi connectivity index (χ4v) is 5.19. The number of azo groups is 1. The van der Waals surface area contributed by atoms with Crippen LogP contribution in [0.4, 0.5) is 16.5 Å². The van der Waals surface area contributed by atoms with Gasteiger partial charge in [-0.25, -0.2) is 21.8 Å². The third-order valence-electron chi connectivity index (χ3n) is 3.60. The first-order valence-electron chi connectivity index (χ1n) is 7.77. The third-order valence-corrected chi connectivity index (χ3v) is 7.71. The Morgan fingerprint density at radius 1 is 1.12 bits per heavy atom. The van der Waals surface area contributed by atoms with Crippen molar-refractivity contribution in [1.29, 1.82) is 0 Å². The number of benzene rings is 1. The molecular formula is C14H13N4Na3O8S3. The molecule has 18 heteroatoms. The van der Waals surface area contributed by atoms with Gasteiger partial charge in [0.25, 0.3) is 0 Å². The van der Waals surface area contributed by atoms with Gasteiger partial charge >= 0.3 is 88.7 Å². The van der Waals surface area contributed by atoms with E-state index in [-0.39, 0.29) is 106 Å². The molecule has 0 aliphatic rings. The molecule has 0 fully saturated rings. The number of anilines is 1. The largest absolute Gasteiger partial charge is 1.00 e. The molecule has 0 radical (unpaired) electrons. The predicted octanol–water partition coefficient (Wildman–Crippen LogP) is -8.11. The van der Waals surface area contributed by atoms with Crippen molar-refractivity contribution in [3.8, 4) is 0 Å². The van der Waals surface area contributed by atoms with Gasteiger partial charge < -0.3 is 24.3 Å². The molecule has 0 saturated heterocycles. The van der Waals surface area contributed by atoms with Crippen LogP contribution in [0.5, 0.6) is 0 Å². The van der Waals surface area contributed by atoms with Crippen molar-refractivity contribution in [2.75, 3.05) is 5.32 Å². The van der Waals surface area contributed by atoms with Crippen LogP contribution in [0.25, 0.3) is 0 Å². The molecule has 1 heterocycles. The van der Waals surface area contributed by atoms with E-state index in [0.29, 0.717) is 0 Å². The van der Waals surface area contributed by atoms with Crippen molar-refractivity contribution < 1.29 is 125 Å². The summed E-state index contributed by atoms with van der Waals surface area (Å²) in [5.41, 5.74) is -1.22. The maximum absolute atomic E-state index is 11.6. The van der Waals surface area contributed by atoms with Gasteiger partial charge in [0.2, 0.25) is 9.33 Å². The minimum absolute atomic E-state index is 0. The van der Waals surface area contributed by atoms with E-state index < -0.39 is 48.1 Å². The number of nitrogens with one attached hydrogen (secondary N) is 1. The van der Waals surface area contributed by atoms with Crippen LogP contribution in [0, 0.1) is 0 Å². The summed E-state index contributed by atoms with van der Waals surface area (Å²) in [6, 6.07) is 2.89. The molecule has 2 rings (SSSR count). The second-order valence-corrected chi connectivity index (χ2v) is 9.91. The summed E-state index contributed by atoms with van der Waals surface area (Å²) in [7, 11) is -11.4. The topological polar surface area (TPSA) is 204 Å². The molecule has 1 N–H and O–H groups in total. The Hall–Kier alpha value is 0.540. The molecule has 0 saturated carbocycles. The van der Waals surface area contributed by atoms with E-state index in [9.17, 15) is 35.8 Å². The Labute approximate surface area is 255 Å². The van der Waals surface area contributed by atoms with Crippen molar-refractivity contribution in [2.24, 2.45) is 10.2 Å². The van der Waals surface area contributed by atoms with Gasteiger partial charge in [-0.05, 0) is 24.6 Å². The van der Waals surface area contributed by atoms with Crippen LogP contribution in [-0.2, 0) is 20.2 Å². The van der Waals surface area contributed by atoms with Crippen molar-refractivity contribution in [1.82, 2.24) is 4.98 Å². The van der Waals surface area contributed by atoms with E-state index in [0.717, 1.165) is 29.5 Å². The van der Waals surface area contributed by atoms with Crippen molar-refractivity contribution in [3.63, 3.8) is 0 Å². The van der Waals surface area contributed by atoms with E-state index in [2.05, 4.69) is 15.2 Å². The van der Waals surface area contributed by atoms with E-state index in [1.54, 1.807) is 5.38 Å². The maximum Gasteiger partial charge on any atom is 1.00 e. The van der Waals surface area contributed by atoms with Crippen LogP contribution in [0.1, 0.15) is 30.1 Å². The molecule has 32 heavy (non-hydrogen) atoms. The molecule has 1 aromatic heterocycles. The monoisotopic (exact) mass is 530 g/mol. The average molecular weight is 530 g/mol. The molecule has 0 aliphatic heterocycles. The normalized spacial score (nSPS) is 11.7. The molecule has 12 nitrogen and oxygen atoms in total. The number of thiazole rings is 1. The second kappa shape index (κ2) is 14.2. The number of carbonyl (C=O) groups excluding carboxylic acids is 1. The van der Waals surface area contributed by atoms with Crippen LogP contribution in [0.15, 0.2) is 40.0 Å². The maximum atomic E-state index is 11.6. The van der Waals surface area contributed by atoms with E-state index in [4.69, 9.17) is 0 Å². The summed E-state index contributed by atoms with van der Waals surface area (Å²) in [5, 5.41) is 22.6. The molecule has 1 aromatic carbocycles. The van der Waals surface area contributed by atoms with Gasteiger partial charge in [-0.15, -0.1) is 21.6 Å². The summed E-state index contributed by atoms with van der Waals surface area (Å²) in [4.78, 5) is 15.2. The first kappa shape index (κ1) is 34.7. The fraction of sp³-hybridized carbons (Fsp3) is 0.286. The Balaban J connectivity index is 0. The van der Waals surface area contributed by atoms with Crippen molar-refractivity contribution in [3.05, 3.63) is 35.3 Å². The number of hydrogen-bond donors (Lipinski definition) is 1. The minimum Gasteiger partial charge on any atom is -0.745 e. The summed E-state index contributed by atoms with van der Waals surface area (Å²) >= 11 is 1.13. The number of carboxylic acids is 1. The second-order valence-electron chi connectivity index (χ2n) is 5.57. The molecule has 0 atom stereocenters. The van der Waals surface area contributed by atoms with Gasteiger partial charge in [-0.1, -0.05) is 13.3 Å². The molecule has 0 bridgehead atoms. The number of carboxylic acid groups (broad SMARTS) is 1. The molecule has 0 amide bonds. The van der Waals surface area contributed by atoms with Gasteiger partial charge in [0.1, 0.15) is 20.2 Å². The number of rotatable bonds is 9. The standard InChI is InChI=1S/C14H16N4O8S3.3Na/c1-2-5-14(28(21,22)23,29(24,25)26)16-9-3-4-11(10(8-9)12(19)20)17-18-13-15-6-7-27-13;;;/h3-4,6-8,16H,2,5H2,1H3,(H,19,20)(H,21,22,23)(H,24,25,26);;;/q;3*+1/p-3. The summed E-state index contributed by atoms with van der Waals surface area (Å²) in [5.74, 6) is -1.74. The zero-order valence-corrected chi connectivity index (χ0v) is 26.1. The van der Waals surface area contributed by atoms with Crippen molar-refractivity contribution >= 4 is 54.0 Å². The quantitative estimate of drug-likeness (QED) is 0.184. The zero-order valence-electron chi connectivity index (χ0n) is 17.6. The minimum atomic E-state index is -5.70. The Bertz CT molecular complexity index is 1110. The van der Waals surface area contributed by atoms with Gasteiger partial charge in [0, 0.05) is 22.8 Å². The number of aromatic nitrogens is 1. The number of hydrogen-bond acceptors (Lipinski definition) is 13. The first-order valence-corrected chi connectivity index (χ1v) is 11.5. The zero-order chi connectivity index (χ0) is 21.9. The van der Waals surface area contributed by atoms with Crippen LogP contribution in [-0.4, -0.2) is 41.1 Å². The van der Waals surface area contributed by atoms with E-state index in [1.807, 2.05) is 5.32 Å². The average Bonchev–Trinajstić information content (AvgIpc) is 3.11. The van der Waals surface area contributed by atoms with Crippen LogP contribution < -0.4 is 99.1 Å². The SMILES string of the molecule is CCCC(Nc1ccc(N=Nc2nccs2)c(C(=O)[O-])c1)(S(=O)(=O)[O-])S(=O)(=O)[O-].[Na+].[Na+].[Na+]. The van der Waals surface area contributed by atoms with Gasteiger partial charge in [-0.3, -0.25) is 0 Å². The summed E-state index contributed by atoms with van der Waals surface area (Å²) in [6.07, 6.45) is 0.450. The molecular weight excluding hydrogens is 517 g/mol. The van der Waals surface area contributed by atoms with Crippen LogP contribution >= 0.6 is 11.3 Å². The Morgan fingerprint density at radius 3 is 2.16 bits per heavy atom. The van der Waals surface area contributed by atoms with Crippen molar-refractivity contribution in [2.45, 2.75) is 24.0 Å². The molecule has 0 aliphatic carbocycles. The van der Waals surface area contributed by atoms with Gasteiger partial charge in [0.15, 0.2) is 0 Å². The summed E-state index contributed by atoms with van der Waals surface area (Å²) in [6.45, 7) is 1.36. The molecule has 2 aromatic rings. The molecule has 0 spiro atoms. The number of carbonyl (C=O) groups is 1. The summed E-state index contributed by atoms with van der Waals surface area (Å²) < 4.78 is 66.5. The fourth-order valence-electron chi connectivity index (χ4n) is 2.34. The van der Waals surface area contributed by atoms with Gasteiger partial charge in [0.05, 0.1) is 11.7 Å². The molecule has 0 unspecified atom stereocenters. The Morgan fingerprint density at radius 2 is 1.72 bits per heavy atom. The third kappa shape index (κ3) is 8.34. The number of nitrogens with zero attached hydrogens (tertiary/aromatic N) is 3. The first-order chi connectivity index (χ1) is 13.4. The number of aromatic carboxylic acids is 1. The van der Waals surface area contributed by atoms with Crippen LogP contribution in [0.3, 0.4) is 0 Å². The smallest absolute Gasteiger partial charge is 0.745 e. The molecule has 158 valence electrons. The van der Waals surface area contributed by atoms with E-state index in [1.165, 1.54) is 13.1 Å². The van der Waals surface area contributed by atoms with Gasteiger partial charge in [-0.2, -0.15) is 0 Å².